The molecule has 2 fully saturated rings. The third-order valence-corrected chi connectivity index (χ3v) is 5.03. The molecule has 6 heteroatoms. The predicted molar refractivity (Wildman–Crippen MR) is 89.4 cm³/mol. The number of fused-ring (bicyclic) bond motifs is 1. The van der Waals surface area contributed by atoms with Crippen molar-refractivity contribution in [3.05, 3.63) is 29.5 Å². The summed E-state index contributed by atoms with van der Waals surface area (Å²) in [6, 6.07) is 5.75. The summed E-state index contributed by atoms with van der Waals surface area (Å²) < 4.78 is 16.7. The lowest BCUT2D eigenvalue weighted by Crippen LogP contribution is -2.47. The number of piperidine rings is 1. The number of benzene rings is 1. The maximum atomic E-state index is 13.0. The van der Waals surface area contributed by atoms with Gasteiger partial charge >= 0.3 is 0 Å². The second kappa shape index (κ2) is 5.79. The van der Waals surface area contributed by atoms with E-state index in [-0.39, 0.29) is 5.91 Å². The Morgan fingerprint density at radius 2 is 1.96 bits per heavy atom. The number of aryl methyl sites for hydroxylation is 1. The molecule has 2 aliphatic rings. The molecule has 1 aromatic heterocycles. The van der Waals surface area contributed by atoms with Crippen molar-refractivity contribution in [1.29, 1.82) is 0 Å². The van der Waals surface area contributed by atoms with E-state index in [2.05, 4.69) is 4.98 Å². The fraction of sp³-hybridized carbons (Fsp3) is 0.500. The zero-order chi connectivity index (χ0) is 16.7. The molecule has 1 N–H and O–H groups in total. The van der Waals surface area contributed by atoms with E-state index in [1.54, 1.807) is 7.11 Å². The Bertz CT molecular complexity index is 767. The lowest BCUT2D eigenvalue weighted by atomic mass is 10.0. The zero-order valence-corrected chi connectivity index (χ0v) is 14.1. The number of hydrogen-bond donors (Lipinski definition) is 1. The van der Waals surface area contributed by atoms with Gasteiger partial charge in [0.05, 0.1) is 31.4 Å². The number of hydrogen-bond acceptors (Lipinski definition) is 4. The van der Waals surface area contributed by atoms with E-state index >= 15 is 0 Å². The molecule has 2 aromatic rings. The van der Waals surface area contributed by atoms with Crippen LogP contribution in [0.2, 0.25) is 0 Å². The van der Waals surface area contributed by atoms with Crippen LogP contribution < -0.4 is 4.74 Å². The van der Waals surface area contributed by atoms with Gasteiger partial charge in [0.25, 0.3) is 5.91 Å². The van der Waals surface area contributed by atoms with Crippen molar-refractivity contribution in [2.75, 3.05) is 33.4 Å². The van der Waals surface area contributed by atoms with Crippen LogP contribution in [0.1, 0.15) is 28.9 Å². The lowest BCUT2D eigenvalue weighted by molar-refractivity contribution is -0.181. The Kier molecular flexibility index (Phi) is 3.73. The first-order chi connectivity index (χ1) is 11.6. The molecular weight excluding hydrogens is 308 g/mol. The molecule has 2 saturated heterocycles. The molecular formula is C18H22N2O4. The van der Waals surface area contributed by atoms with Gasteiger partial charge in [-0.05, 0) is 19.1 Å². The predicted octanol–water partition coefficient (Wildman–Crippen LogP) is 2.46. The second-order valence-corrected chi connectivity index (χ2v) is 6.44. The van der Waals surface area contributed by atoms with Gasteiger partial charge in [-0.15, -0.1) is 0 Å². The molecule has 3 heterocycles. The summed E-state index contributed by atoms with van der Waals surface area (Å²) >= 11 is 0. The van der Waals surface area contributed by atoms with Crippen LogP contribution in [0.15, 0.2) is 18.2 Å². The van der Waals surface area contributed by atoms with Crippen LogP contribution in [0.4, 0.5) is 0 Å². The summed E-state index contributed by atoms with van der Waals surface area (Å²) in [6.45, 7) is 4.55. The molecule has 4 rings (SSSR count). The molecule has 0 atom stereocenters. The third-order valence-electron chi connectivity index (χ3n) is 5.03. The van der Waals surface area contributed by atoms with Gasteiger partial charge < -0.3 is 24.1 Å². The van der Waals surface area contributed by atoms with Gasteiger partial charge in [-0.1, -0.05) is 0 Å². The number of carbonyl (C=O) groups excluding carboxylic acids is 1. The van der Waals surface area contributed by atoms with Crippen molar-refractivity contribution in [2.45, 2.75) is 25.6 Å². The number of nitrogens with zero attached hydrogens (tertiary/aromatic N) is 1. The quantitative estimate of drug-likeness (QED) is 0.919. The average Bonchev–Trinajstić information content (AvgIpc) is 3.18. The SMILES string of the molecule is COc1ccc2c(C(=O)N3CCC4(CC3)OCCO4)c(C)[nH]c2c1. The Hall–Kier alpha value is -2.05. The maximum absolute atomic E-state index is 13.0. The smallest absolute Gasteiger partial charge is 0.256 e. The van der Waals surface area contributed by atoms with Crippen molar-refractivity contribution >= 4 is 16.8 Å². The van der Waals surface area contributed by atoms with Crippen LogP contribution in [0.3, 0.4) is 0 Å². The number of H-pyrrole nitrogens is 1. The number of carbonyl (C=O) groups is 1. The van der Waals surface area contributed by atoms with Crippen LogP contribution >= 0.6 is 0 Å². The first kappa shape index (κ1) is 15.5. The van der Waals surface area contributed by atoms with Crippen molar-refractivity contribution < 1.29 is 19.0 Å². The summed E-state index contributed by atoms with van der Waals surface area (Å²) in [7, 11) is 1.64. The van der Waals surface area contributed by atoms with Crippen LogP contribution in [0.5, 0.6) is 5.75 Å². The van der Waals surface area contributed by atoms with Crippen molar-refractivity contribution in [3.8, 4) is 5.75 Å². The van der Waals surface area contributed by atoms with Gasteiger partial charge in [0, 0.05) is 43.1 Å². The molecule has 0 radical (unpaired) electrons. The average molecular weight is 330 g/mol. The van der Waals surface area contributed by atoms with Crippen LogP contribution in [-0.4, -0.2) is 55.0 Å². The third kappa shape index (κ3) is 2.46. The van der Waals surface area contributed by atoms with E-state index in [0.717, 1.165) is 40.8 Å². The van der Waals surface area contributed by atoms with Gasteiger partial charge in [-0.2, -0.15) is 0 Å². The molecule has 0 saturated carbocycles. The number of aromatic amines is 1. The molecule has 6 nitrogen and oxygen atoms in total. The summed E-state index contributed by atoms with van der Waals surface area (Å²) in [5.74, 6) is 0.384. The van der Waals surface area contributed by atoms with Crippen LogP contribution in [0.25, 0.3) is 10.9 Å². The molecule has 0 bridgehead atoms. The summed E-state index contributed by atoms with van der Waals surface area (Å²) in [5.41, 5.74) is 2.56. The lowest BCUT2D eigenvalue weighted by Gasteiger charge is -2.37. The van der Waals surface area contributed by atoms with Gasteiger partial charge in [0.15, 0.2) is 5.79 Å². The Morgan fingerprint density at radius 1 is 1.25 bits per heavy atom. The fourth-order valence-corrected chi connectivity index (χ4v) is 3.71. The van der Waals surface area contributed by atoms with E-state index in [0.29, 0.717) is 26.3 Å². The Balaban J connectivity index is 1.58. The standard InChI is InChI=1S/C18H22N2O4/c1-12-16(14-4-3-13(22-2)11-15(14)19-12)17(21)20-7-5-18(6-8-20)23-9-10-24-18/h3-4,11,19H,5-10H2,1-2H3. The number of amides is 1. The summed E-state index contributed by atoms with van der Waals surface area (Å²) in [6.07, 6.45) is 1.46. The summed E-state index contributed by atoms with van der Waals surface area (Å²) in [4.78, 5) is 18.2. The molecule has 1 amide bonds. The molecule has 2 aliphatic heterocycles. The van der Waals surface area contributed by atoms with E-state index < -0.39 is 5.79 Å². The first-order valence-electron chi connectivity index (χ1n) is 8.35. The van der Waals surface area contributed by atoms with Crippen molar-refractivity contribution in [1.82, 2.24) is 9.88 Å². The van der Waals surface area contributed by atoms with Gasteiger partial charge in [-0.3, -0.25) is 4.79 Å². The number of likely N-dealkylation sites (tertiary alicyclic amines) is 1. The van der Waals surface area contributed by atoms with E-state index in [4.69, 9.17) is 14.2 Å². The van der Waals surface area contributed by atoms with E-state index in [1.807, 2.05) is 30.0 Å². The highest BCUT2D eigenvalue weighted by atomic mass is 16.7. The first-order valence-corrected chi connectivity index (χ1v) is 8.35. The number of rotatable bonds is 2. The van der Waals surface area contributed by atoms with Crippen LogP contribution in [-0.2, 0) is 9.47 Å². The number of aromatic nitrogens is 1. The molecule has 1 spiro atoms. The Morgan fingerprint density at radius 3 is 2.62 bits per heavy atom. The van der Waals surface area contributed by atoms with Crippen molar-refractivity contribution in [3.63, 3.8) is 0 Å². The van der Waals surface area contributed by atoms with Gasteiger partial charge in [0.2, 0.25) is 0 Å². The Labute approximate surface area is 140 Å². The molecule has 24 heavy (non-hydrogen) atoms. The van der Waals surface area contributed by atoms with Gasteiger partial charge in [0.1, 0.15) is 5.75 Å². The minimum Gasteiger partial charge on any atom is -0.497 e. The molecule has 0 aliphatic carbocycles. The largest absolute Gasteiger partial charge is 0.497 e. The molecule has 128 valence electrons. The highest BCUT2D eigenvalue weighted by molar-refractivity contribution is 6.08. The topological polar surface area (TPSA) is 63.8 Å². The van der Waals surface area contributed by atoms with Crippen molar-refractivity contribution in [2.24, 2.45) is 0 Å². The molecule has 0 unspecified atom stereocenters. The highest BCUT2D eigenvalue weighted by Crippen LogP contribution is 2.33. The highest BCUT2D eigenvalue weighted by Gasteiger charge is 2.41. The number of nitrogens with one attached hydrogen (secondary N) is 1. The van der Waals surface area contributed by atoms with Gasteiger partial charge in [-0.25, -0.2) is 0 Å². The maximum Gasteiger partial charge on any atom is 0.256 e. The van der Waals surface area contributed by atoms with E-state index in [9.17, 15) is 4.79 Å². The fourth-order valence-electron chi connectivity index (χ4n) is 3.71. The second-order valence-electron chi connectivity index (χ2n) is 6.44. The number of ether oxygens (including phenoxy) is 3. The molecule has 1 aromatic carbocycles. The van der Waals surface area contributed by atoms with E-state index in [1.165, 1.54) is 0 Å². The zero-order valence-electron chi connectivity index (χ0n) is 14.1. The minimum atomic E-state index is -0.459. The minimum absolute atomic E-state index is 0.0664. The monoisotopic (exact) mass is 330 g/mol. The summed E-state index contributed by atoms with van der Waals surface area (Å²) in [5, 5.41) is 0.937. The van der Waals surface area contributed by atoms with Crippen LogP contribution in [0, 0.1) is 6.92 Å². The number of methoxy groups -OCH3 is 1. The normalized spacial score (nSPS) is 20.0.